The number of hydrogen-bond acceptors (Lipinski definition) is 2. The molecule has 0 bridgehead atoms. The standard InChI is InChI=1S/C44H38N4O/c1-30-11-8-12-31(2)43(30)32-13-9-14-34(25-32)46-23-24-47(29-46)35-15-10-16-36(27-35)49-37-19-20-39-38-17-6-7-18-40(38)48(41(39)28-37)42-26-33(21-22-45-42)44(3,4)5/h6-28H,1-5H3. The van der Waals surface area contributed by atoms with Gasteiger partial charge in [0, 0.05) is 35.4 Å². The molecule has 0 radical (unpaired) electrons. The van der Waals surface area contributed by atoms with Crippen molar-refractivity contribution in [2.24, 2.45) is 0 Å². The maximum absolute atomic E-state index is 6.52. The number of aryl methyl sites for hydroxylation is 2. The van der Waals surface area contributed by atoms with Gasteiger partial charge in [-0.1, -0.05) is 75.4 Å². The smallest absolute Gasteiger partial charge is 0.268 e. The molecule has 49 heavy (non-hydrogen) atoms. The summed E-state index contributed by atoms with van der Waals surface area (Å²) >= 11 is 0. The number of imidazole rings is 1. The monoisotopic (exact) mass is 638 g/mol. The van der Waals surface area contributed by atoms with Crippen LogP contribution < -0.4 is 9.30 Å². The summed E-state index contributed by atoms with van der Waals surface area (Å²) < 4.78 is 12.8. The van der Waals surface area contributed by atoms with Crippen LogP contribution in [0.5, 0.6) is 11.5 Å². The van der Waals surface area contributed by atoms with Gasteiger partial charge in [0.1, 0.15) is 17.3 Å². The molecule has 5 nitrogen and oxygen atoms in total. The van der Waals surface area contributed by atoms with E-state index in [-0.39, 0.29) is 5.41 Å². The van der Waals surface area contributed by atoms with Crippen molar-refractivity contribution < 1.29 is 9.30 Å². The second-order valence-corrected chi connectivity index (χ2v) is 13.7. The first kappa shape index (κ1) is 30.4. The van der Waals surface area contributed by atoms with Crippen molar-refractivity contribution in [3.8, 4) is 39.8 Å². The first-order valence-electron chi connectivity index (χ1n) is 16.7. The van der Waals surface area contributed by atoms with Gasteiger partial charge in [0.25, 0.3) is 6.33 Å². The van der Waals surface area contributed by atoms with Crippen molar-refractivity contribution >= 4 is 21.8 Å². The van der Waals surface area contributed by atoms with E-state index in [4.69, 9.17) is 9.72 Å². The Kier molecular flexibility index (Phi) is 7.41. The van der Waals surface area contributed by atoms with Crippen LogP contribution in [0.25, 0.3) is 50.1 Å². The fourth-order valence-electron chi connectivity index (χ4n) is 6.79. The molecule has 8 rings (SSSR count). The third kappa shape index (κ3) is 5.67. The molecular formula is C44H38N4O. The highest BCUT2D eigenvalue weighted by atomic mass is 16.5. The second kappa shape index (κ2) is 11.9. The molecule has 0 fully saturated rings. The average molecular weight is 639 g/mol. The van der Waals surface area contributed by atoms with Gasteiger partial charge in [-0.05, 0) is 108 Å². The summed E-state index contributed by atoms with van der Waals surface area (Å²) in [5.41, 5.74) is 10.5. The summed E-state index contributed by atoms with van der Waals surface area (Å²) in [5, 5.41) is 2.35. The van der Waals surface area contributed by atoms with E-state index in [1.807, 2.05) is 52.0 Å². The largest absolute Gasteiger partial charge is 0.458 e. The van der Waals surface area contributed by atoms with E-state index >= 15 is 0 Å². The van der Waals surface area contributed by atoms with E-state index in [2.05, 4.69) is 143 Å². The highest BCUT2D eigenvalue weighted by Crippen LogP contribution is 2.36. The van der Waals surface area contributed by atoms with E-state index < -0.39 is 0 Å². The maximum atomic E-state index is 6.52. The van der Waals surface area contributed by atoms with Crippen molar-refractivity contribution in [2.75, 3.05) is 0 Å². The van der Waals surface area contributed by atoms with Gasteiger partial charge in [0.15, 0.2) is 0 Å². The Morgan fingerprint density at radius 2 is 1.45 bits per heavy atom. The fraction of sp³-hybridized carbons (Fsp3) is 0.136. The normalized spacial score (nSPS) is 11.8. The number of benzene rings is 5. The second-order valence-electron chi connectivity index (χ2n) is 13.7. The predicted molar refractivity (Wildman–Crippen MR) is 198 cm³/mol. The molecule has 3 aromatic heterocycles. The molecular weight excluding hydrogens is 601 g/mol. The zero-order valence-corrected chi connectivity index (χ0v) is 28.5. The van der Waals surface area contributed by atoms with Crippen LogP contribution in [0.1, 0.15) is 37.5 Å². The van der Waals surface area contributed by atoms with Crippen LogP contribution in [-0.2, 0) is 5.41 Å². The van der Waals surface area contributed by atoms with Gasteiger partial charge < -0.3 is 4.74 Å². The Morgan fingerprint density at radius 1 is 0.694 bits per heavy atom. The van der Waals surface area contributed by atoms with Crippen LogP contribution in [0.15, 0.2) is 140 Å². The first-order valence-corrected chi connectivity index (χ1v) is 16.7. The molecule has 3 heterocycles. The zero-order chi connectivity index (χ0) is 33.7. The van der Waals surface area contributed by atoms with E-state index in [1.165, 1.54) is 33.2 Å². The quantitative estimate of drug-likeness (QED) is 0.134. The van der Waals surface area contributed by atoms with Crippen LogP contribution in [0, 0.1) is 20.2 Å². The number of para-hydroxylation sites is 1. The van der Waals surface area contributed by atoms with E-state index in [9.17, 15) is 0 Å². The van der Waals surface area contributed by atoms with Crippen molar-refractivity contribution in [3.05, 3.63) is 163 Å². The molecule has 5 heteroatoms. The van der Waals surface area contributed by atoms with Gasteiger partial charge in [-0.15, -0.1) is 0 Å². The molecule has 0 N–H and O–H groups in total. The van der Waals surface area contributed by atoms with Crippen LogP contribution in [0.2, 0.25) is 0 Å². The minimum absolute atomic E-state index is 0.0105. The molecule has 0 aliphatic carbocycles. The molecule has 0 atom stereocenters. The lowest BCUT2D eigenvalue weighted by molar-refractivity contribution is -0.599. The molecule has 0 aliphatic heterocycles. The lowest BCUT2D eigenvalue weighted by atomic mass is 9.88. The van der Waals surface area contributed by atoms with Crippen molar-refractivity contribution in [1.29, 1.82) is 0 Å². The number of aromatic nitrogens is 4. The van der Waals surface area contributed by atoms with Crippen LogP contribution in [-0.4, -0.2) is 14.1 Å². The van der Waals surface area contributed by atoms with Gasteiger partial charge in [-0.2, -0.15) is 0 Å². The Balaban J connectivity index is 1.12. The average Bonchev–Trinajstić information content (AvgIpc) is 3.72. The molecule has 0 saturated carbocycles. The molecule has 240 valence electrons. The third-order valence-corrected chi connectivity index (χ3v) is 9.29. The van der Waals surface area contributed by atoms with Gasteiger partial charge in [0.05, 0.1) is 22.4 Å². The Labute approximate surface area is 287 Å². The Bertz CT molecular complexity index is 2470. The molecule has 0 saturated heterocycles. The van der Waals surface area contributed by atoms with Crippen molar-refractivity contribution in [1.82, 2.24) is 14.1 Å². The third-order valence-electron chi connectivity index (χ3n) is 9.29. The highest BCUT2D eigenvalue weighted by Gasteiger charge is 2.18. The van der Waals surface area contributed by atoms with Crippen LogP contribution in [0.3, 0.4) is 0 Å². The van der Waals surface area contributed by atoms with E-state index in [0.29, 0.717) is 0 Å². The SMILES string of the molecule is Cc1cccc(C)c1-c1cccc(-[n+]2[c-]n(-c3cccc(Oc4ccc5c6ccccc6n(-c6cc(C(C)(C)C)ccn6)c5c4)c3)cc2)c1. The number of ether oxygens (including phenoxy) is 1. The summed E-state index contributed by atoms with van der Waals surface area (Å²) in [7, 11) is 0. The Morgan fingerprint density at radius 3 is 2.29 bits per heavy atom. The van der Waals surface area contributed by atoms with Gasteiger partial charge in [-0.25, -0.2) is 4.98 Å². The lowest BCUT2D eigenvalue weighted by Crippen LogP contribution is -2.28. The molecule has 5 aromatic carbocycles. The van der Waals surface area contributed by atoms with E-state index in [0.717, 1.165) is 45.1 Å². The summed E-state index contributed by atoms with van der Waals surface area (Å²) in [6.45, 7) is 11.0. The summed E-state index contributed by atoms with van der Waals surface area (Å²) in [6.07, 6.45) is 9.46. The molecule has 8 aromatic rings. The highest BCUT2D eigenvalue weighted by molar-refractivity contribution is 6.09. The summed E-state index contributed by atoms with van der Waals surface area (Å²) in [5.74, 6) is 2.40. The first-order chi connectivity index (χ1) is 23.7. The van der Waals surface area contributed by atoms with Crippen LogP contribution in [0.4, 0.5) is 0 Å². The number of fused-ring (bicyclic) bond motifs is 3. The van der Waals surface area contributed by atoms with Crippen molar-refractivity contribution in [2.45, 2.75) is 40.0 Å². The molecule has 0 amide bonds. The molecule has 0 spiro atoms. The minimum Gasteiger partial charge on any atom is -0.458 e. The lowest BCUT2D eigenvalue weighted by Gasteiger charge is -2.20. The molecule has 0 unspecified atom stereocenters. The van der Waals surface area contributed by atoms with Crippen molar-refractivity contribution in [3.63, 3.8) is 0 Å². The minimum atomic E-state index is 0.0105. The van der Waals surface area contributed by atoms with Gasteiger partial charge >= 0.3 is 0 Å². The predicted octanol–water partition coefficient (Wildman–Crippen LogP) is 10.4. The number of rotatable bonds is 6. The van der Waals surface area contributed by atoms with Gasteiger partial charge in [0.2, 0.25) is 0 Å². The van der Waals surface area contributed by atoms with Crippen LogP contribution >= 0.6 is 0 Å². The maximum Gasteiger partial charge on any atom is 0.268 e. The van der Waals surface area contributed by atoms with E-state index in [1.54, 1.807) is 0 Å². The topological polar surface area (TPSA) is 35.9 Å². The number of nitrogens with zero attached hydrogens (tertiary/aromatic N) is 4. The summed E-state index contributed by atoms with van der Waals surface area (Å²) in [6, 6.07) is 42.3. The fourth-order valence-corrected chi connectivity index (χ4v) is 6.79. The Hall–Kier alpha value is -5.94. The molecule has 0 aliphatic rings. The zero-order valence-electron chi connectivity index (χ0n) is 28.5. The summed E-state index contributed by atoms with van der Waals surface area (Å²) in [4.78, 5) is 4.82. The number of hydrogen-bond donors (Lipinski definition) is 0. The number of pyridine rings is 1. The van der Waals surface area contributed by atoms with Gasteiger partial charge in [-0.3, -0.25) is 13.7 Å².